The van der Waals surface area contributed by atoms with E-state index in [9.17, 15) is 18.0 Å². The normalized spacial score (nSPS) is 19.8. The van der Waals surface area contributed by atoms with Crippen LogP contribution in [0.15, 0.2) is 24.3 Å². The summed E-state index contributed by atoms with van der Waals surface area (Å²) in [7, 11) is 0. The molecule has 0 aromatic heterocycles. The number of nitrogens with two attached hydrogens (primary N) is 1. The minimum atomic E-state index is -4.42. The Bertz CT molecular complexity index is 611. The summed E-state index contributed by atoms with van der Waals surface area (Å²) >= 11 is 0. The third-order valence-corrected chi connectivity index (χ3v) is 4.37. The van der Waals surface area contributed by atoms with Gasteiger partial charge in [0, 0.05) is 19.0 Å². The van der Waals surface area contributed by atoms with Gasteiger partial charge in [0.25, 0.3) is 0 Å². The van der Waals surface area contributed by atoms with Crippen LogP contribution in [0.1, 0.15) is 44.2 Å². The van der Waals surface area contributed by atoms with E-state index in [0.717, 1.165) is 6.07 Å². The lowest BCUT2D eigenvalue weighted by atomic mass is 9.83. The number of rotatable bonds is 3. The van der Waals surface area contributed by atoms with Crippen LogP contribution in [0.4, 0.5) is 18.0 Å². The molecule has 2 rings (SSSR count). The van der Waals surface area contributed by atoms with Gasteiger partial charge in [-0.1, -0.05) is 18.2 Å². The van der Waals surface area contributed by atoms with Crippen molar-refractivity contribution in [2.24, 2.45) is 11.7 Å². The topological polar surface area (TPSA) is 55.6 Å². The maximum atomic E-state index is 13.3. The smallest absolute Gasteiger partial charge is 0.416 e. The van der Waals surface area contributed by atoms with Crippen molar-refractivity contribution >= 4 is 6.09 Å². The Balaban J connectivity index is 2.17. The van der Waals surface area contributed by atoms with Gasteiger partial charge in [-0.25, -0.2) is 4.79 Å². The summed E-state index contributed by atoms with van der Waals surface area (Å²) in [6.07, 6.45) is -4.25. The molecule has 1 heterocycles. The van der Waals surface area contributed by atoms with Crippen LogP contribution in [-0.2, 0) is 10.9 Å². The molecule has 2 N–H and O–H groups in total. The predicted molar refractivity (Wildman–Crippen MR) is 89.2 cm³/mol. The van der Waals surface area contributed by atoms with E-state index in [1.165, 1.54) is 12.1 Å². The average molecular weight is 358 g/mol. The van der Waals surface area contributed by atoms with Gasteiger partial charge in [0.1, 0.15) is 5.60 Å². The first-order valence-corrected chi connectivity index (χ1v) is 8.37. The number of ether oxygens (including phenoxy) is 1. The lowest BCUT2D eigenvalue weighted by Gasteiger charge is -2.27. The number of amides is 1. The third kappa shape index (κ3) is 4.87. The van der Waals surface area contributed by atoms with Gasteiger partial charge in [-0.05, 0) is 51.3 Å². The molecule has 0 bridgehead atoms. The third-order valence-electron chi connectivity index (χ3n) is 4.37. The van der Waals surface area contributed by atoms with Crippen molar-refractivity contribution in [2.45, 2.75) is 44.9 Å². The Hall–Kier alpha value is -1.76. The van der Waals surface area contributed by atoms with Crippen molar-refractivity contribution in [3.05, 3.63) is 35.4 Å². The summed E-state index contributed by atoms with van der Waals surface area (Å²) in [5.74, 6) is -0.578. The lowest BCUT2D eigenvalue weighted by molar-refractivity contribution is -0.138. The molecule has 0 radical (unpaired) electrons. The molecule has 1 aliphatic heterocycles. The molecule has 1 aliphatic rings. The first kappa shape index (κ1) is 19.6. The molecule has 0 aliphatic carbocycles. The van der Waals surface area contributed by atoms with Gasteiger partial charge >= 0.3 is 12.3 Å². The minimum absolute atomic E-state index is 0.0971. The van der Waals surface area contributed by atoms with E-state index >= 15 is 0 Å². The van der Waals surface area contributed by atoms with Crippen LogP contribution in [0.2, 0.25) is 0 Å². The average Bonchev–Trinajstić information content (AvgIpc) is 2.95. The van der Waals surface area contributed by atoms with Crippen molar-refractivity contribution in [3.63, 3.8) is 0 Å². The number of halogens is 3. The monoisotopic (exact) mass is 358 g/mol. The standard InChI is InChI=1S/C18H25F3N2O2/c1-17(2,3)25-16(24)23-9-8-12(11-23)14(10-22)13-6-4-5-7-15(13)18(19,20)21/h4-7,12,14H,8-11,22H2,1-3H3. The number of alkyl halides is 3. The fraction of sp³-hybridized carbons (Fsp3) is 0.611. The second kappa shape index (κ2) is 7.23. The largest absolute Gasteiger partial charge is 0.444 e. The van der Waals surface area contributed by atoms with Crippen molar-refractivity contribution in [1.29, 1.82) is 0 Å². The van der Waals surface area contributed by atoms with Crippen LogP contribution < -0.4 is 5.73 Å². The second-order valence-corrected chi connectivity index (χ2v) is 7.40. The Morgan fingerprint density at radius 2 is 1.96 bits per heavy atom. The van der Waals surface area contributed by atoms with Crippen molar-refractivity contribution in [1.82, 2.24) is 4.90 Å². The summed E-state index contributed by atoms with van der Waals surface area (Å²) in [5, 5.41) is 0. The van der Waals surface area contributed by atoms with Gasteiger partial charge in [0.15, 0.2) is 0 Å². The highest BCUT2D eigenvalue weighted by atomic mass is 19.4. The molecule has 1 saturated heterocycles. The van der Waals surface area contributed by atoms with E-state index in [2.05, 4.69) is 0 Å². The Morgan fingerprint density at radius 3 is 2.52 bits per heavy atom. The second-order valence-electron chi connectivity index (χ2n) is 7.40. The SMILES string of the molecule is CC(C)(C)OC(=O)N1CCC(C(CN)c2ccccc2C(F)(F)F)C1. The Labute approximate surface area is 146 Å². The first-order valence-electron chi connectivity index (χ1n) is 8.37. The van der Waals surface area contributed by atoms with Crippen molar-refractivity contribution in [2.75, 3.05) is 19.6 Å². The van der Waals surface area contributed by atoms with Gasteiger partial charge < -0.3 is 15.4 Å². The molecular weight excluding hydrogens is 333 g/mol. The van der Waals surface area contributed by atoms with E-state index in [-0.39, 0.29) is 18.0 Å². The van der Waals surface area contributed by atoms with Crippen LogP contribution >= 0.6 is 0 Å². The highest BCUT2D eigenvalue weighted by Crippen LogP contribution is 2.39. The molecule has 4 nitrogen and oxygen atoms in total. The number of carbonyl (C=O) groups excluding carboxylic acids is 1. The summed E-state index contributed by atoms with van der Waals surface area (Å²) in [5.41, 5.74) is 4.76. The molecule has 0 saturated carbocycles. The number of hydrogen-bond donors (Lipinski definition) is 1. The summed E-state index contributed by atoms with van der Waals surface area (Å²) in [6, 6.07) is 5.53. The maximum absolute atomic E-state index is 13.3. The zero-order valence-corrected chi connectivity index (χ0v) is 14.8. The molecule has 0 spiro atoms. The lowest BCUT2D eigenvalue weighted by Crippen LogP contribution is -2.36. The number of benzene rings is 1. The van der Waals surface area contributed by atoms with Crippen molar-refractivity contribution in [3.8, 4) is 0 Å². The molecule has 7 heteroatoms. The Morgan fingerprint density at radius 1 is 1.32 bits per heavy atom. The fourth-order valence-electron chi connectivity index (χ4n) is 3.26. The maximum Gasteiger partial charge on any atom is 0.416 e. The van der Waals surface area contributed by atoms with Gasteiger partial charge in [-0.3, -0.25) is 0 Å². The van der Waals surface area contributed by atoms with E-state index < -0.39 is 29.4 Å². The highest BCUT2D eigenvalue weighted by molar-refractivity contribution is 5.68. The fourth-order valence-corrected chi connectivity index (χ4v) is 3.26. The molecule has 2 atom stereocenters. The minimum Gasteiger partial charge on any atom is -0.444 e. The number of likely N-dealkylation sites (tertiary alicyclic amines) is 1. The first-order chi connectivity index (χ1) is 11.5. The molecule has 25 heavy (non-hydrogen) atoms. The van der Waals surface area contributed by atoms with E-state index in [1.54, 1.807) is 31.7 Å². The van der Waals surface area contributed by atoms with Crippen molar-refractivity contribution < 1.29 is 22.7 Å². The molecule has 1 amide bonds. The number of nitrogens with zero attached hydrogens (tertiary/aromatic N) is 1. The van der Waals surface area contributed by atoms with Crippen LogP contribution in [0.25, 0.3) is 0 Å². The summed E-state index contributed by atoms with van der Waals surface area (Å²) < 4.78 is 45.2. The van der Waals surface area contributed by atoms with Crippen LogP contribution in [0.3, 0.4) is 0 Å². The quantitative estimate of drug-likeness (QED) is 0.888. The molecular formula is C18H25F3N2O2. The van der Waals surface area contributed by atoms with E-state index in [0.29, 0.717) is 19.5 Å². The van der Waals surface area contributed by atoms with Crippen LogP contribution in [-0.4, -0.2) is 36.2 Å². The van der Waals surface area contributed by atoms with Gasteiger partial charge in [-0.15, -0.1) is 0 Å². The molecule has 1 aromatic rings. The zero-order chi connectivity index (χ0) is 18.8. The zero-order valence-electron chi connectivity index (χ0n) is 14.8. The van der Waals surface area contributed by atoms with Gasteiger partial charge in [0.2, 0.25) is 0 Å². The van der Waals surface area contributed by atoms with Gasteiger partial charge in [0.05, 0.1) is 5.56 Å². The molecule has 140 valence electrons. The van der Waals surface area contributed by atoms with Crippen LogP contribution in [0.5, 0.6) is 0 Å². The summed E-state index contributed by atoms with van der Waals surface area (Å²) in [6.45, 7) is 6.25. The van der Waals surface area contributed by atoms with Gasteiger partial charge in [-0.2, -0.15) is 13.2 Å². The molecule has 2 unspecified atom stereocenters. The van der Waals surface area contributed by atoms with E-state index in [1.807, 2.05) is 0 Å². The molecule has 1 fully saturated rings. The molecule has 1 aromatic carbocycles. The summed E-state index contributed by atoms with van der Waals surface area (Å²) in [4.78, 5) is 13.7. The highest BCUT2D eigenvalue weighted by Gasteiger charge is 2.39. The van der Waals surface area contributed by atoms with Crippen LogP contribution in [0, 0.1) is 5.92 Å². The number of hydrogen-bond acceptors (Lipinski definition) is 3. The number of carbonyl (C=O) groups is 1. The predicted octanol–water partition coefficient (Wildman–Crippen LogP) is 4.00. The van der Waals surface area contributed by atoms with E-state index in [4.69, 9.17) is 10.5 Å². The Kier molecular flexibility index (Phi) is 5.66.